The van der Waals surface area contributed by atoms with Gasteiger partial charge in [0.15, 0.2) is 0 Å². The number of nitrogens with one attached hydrogen (secondary N) is 1. The second kappa shape index (κ2) is 4.70. The topological polar surface area (TPSA) is 29.9 Å². The van der Waals surface area contributed by atoms with E-state index in [2.05, 4.69) is 41.2 Å². The first-order valence-corrected chi connectivity index (χ1v) is 6.43. The summed E-state index contributed by atoms with van der Waals surface area (Å²) in [6.07, 6.45) is 3.08. The van der Waals surface area contributed by atoms with Crippen molar-refractivity contribution in [2.75, 3.05) is 5.32 Å². The number of nitrogens with zero attached hydrogens (tertiary/aromatic N) is 2. The summed E-state index contributed by atoms with van der Waals surface area (Å²) in [5.74, 6) is 0. The Morgan fingerprint density at radius 3 is 2.88 bits per heavy atom. The molecule has 2 rings (SSSR count). The van der Waals surface area contributed by atoms with E-state index in [0.29, 0.717) is 0 Å². The van der Waals surface area contributed by atoms with Crippen LogP contribution in [-0.2, 0) is 20.0 Å². The number of thiophene rings is 1. The third-order valence-corrected chi connectivity index (χ3v) is 3.51. The standard InChI is InChI=1S/C12H17N3S/c1-4-11-10(6-15(3)14-11)5-13-12-8-16-7-9(12)2/h6-8,13H,4-5H2,1-3H3. The van der Waals surface area contributed by atoms with Gasteiger partial charge >= 0.3 is 0 Å². The Morgan fingerprint density at radius 2 is 2.25 bits per heavy atom. The smallest absolute Gasteiger partial charge is 0.0671 e. The lowest BCUT2D eigenvalue weighted by Gasteiger charge is -2.04. The van der Waals surface area contributed by atoms with Crippen LogP contribution in [0.15, 0.2) is 17.0 Å². The molecule has 0 aliphatic carbocycles. The maximum atomic E-state index is 4.43. The van der Waals surface area contributed by atoms with Crippen LogP contribution in [0.3, 0.4) is 0 Å². The zero-order valence-electron chi connectivity index (χ0n) is 9.95. The SMILES string of the molecule is CCc1nn(C)cc1CNc1cscc1C. The molecule has 0 atom stereocenters. The van der Waals surface area contributed by atoms with Crippen molar-refractivity contribution in [2.45, 2.75) is 26.8 Å². The summed E-state index contributed by atoms with van der Waals surface area (Å²) < 4.78 is 1.89. The minimum atomic E-state index is 0.856. The van der Waals surface area contributed by atoms with E-state index in [1.165, 1.54) is 22.5 Å². The third-order valence-electron chi connectivity index (χ3n) is 2.65. The molecular formula is C12H17N3S. The van der Waals surface area contributed by atoms with Crippen molar-refractivity contribution in [1.29, 1.82) is 0 Å². The Kier molecular flexibility index (Phi) is 3.29. The van der Waals surface area contributed by atoms with E-state index in [-0.39, 0.29) is 0 Å². The van der Waals surface area contributed by atoms with Crippen molar-refractivity contribution < 1.29 is 0 Å². The van der Waals surface area contributed by atoms with Crippen LogP contribution in [0.5, 0.6) is 0 Å². The Labute approximate surface area is 100 Å². The monoisotopic (exact) mass is 235 g/mol. The van der Waals surface area contributed by atoms with Gasteiger partial charge in [-0.05, 0) is 24.3 Å². The molecule has 3 nitrogen and oxygen atoms in total. The second-order valence-electron chi connectivity index (χ2n) is 3.95. The zero-order chi connectivity index (χ0) is 11.5. The zero-order valence-corrected chi connectivity index (χ0v) is 10.8. The van der Waals surface area contributed by atoms with Crippen molar-refractivity contribution in [3.8, 4) is 0 Å². The molecule has 0 aliphatic heterocycles. The quantitative estimate of drug-likeness (QED) is 0.883. The molecule has 2 heterocycles. The molecule has 2 aromatic rings. The predicted molar refractivity (Wildman–Crippen MR) is 69.0 cm³/mol. The van der Waals surface area contributed by atoms with E-state index < -0.39 is 0 Å². The summed E-state index contributed by atoms with van der Waals surface area (Å²) in [6, 6.07) is 0. The number of hydrogen-bond donors (Lipinski definition) is 1. The van der Waals surface area contributed by atoms with Gasteiger partial charge in [-0.25, -0.2) is 0 Å². The van der Waals surface area contributed by atoms with E-state index in [9.17, 15) is 0 Å². The summed E-state index contributed by atoms with van der Waals surface area (Å²) >= 11 is 1.73. The molecule has 0 aromatic carbocycles. The van der Waals surface area contributed by atoms with Crippen LogP contribution >= 0.6 is 11.3 Å². The van der Waals surface area contributed by atoms with E-state index in [1.807, 2.05) is 11.7 Å². The van der Waals surface area contributed by atoms with Gasteiger partial charge in [0.05, 0.1) is 5.69 Å². The molecule has 86 valence electrons. The van der Waals surface area contributed by atoms with E-state index in [1.54, 1.807) is 11.3 Å². The van der Waals surface area contributed by atoms with Crippen LogP contribution in [-0.4, -0.2) is 9.78 Å². The maximum Gasteiger partial charge on any atom is 0.0671 e. The minimum Gasteiger partial charge on any atom is -0.380 e. The molecule has 1 N–H and O–H groups in total. The molecule has 4 heteroatoms. The Bertz CT molecular complexity index is 470. The molecule has 0 spiro atoms. The number of anilines is 1. The lowest BCUT2D eigenvalue weighted by atomic mass is 10.2. The summed E-state index contributed by atoms with van der Waals surface area (Å²) in [5, 5.41) is 12.2. The van der Waals surface area contributed by atoms with Gasteiger partial charge in [-0.15, -0.1) is 11.3 Å². The highest BCUT2D eigenvalue weighted by Gasteiger charge is 2.06. The average Bonchev–Trinajstić information content (AvgIpc) is 2.81. The van der Waals surface area contributed by atoms with Gasteiger partial charge in [0.2, 0.25) is 0 Å². The molecule has 0 saturated carbocycles. The molecule has 0 saturated heterocycles. The fraction of sp³-hybridized carbons (Fsp3) is 0.417. The fourth-order valence-electron chi connectivity index (χ4n) is 1.76. The van der Waals surface area contributed by atoms with Gasteiger partial charge in [-0.2, -0.15) is 5.10 Å². The van der Waals surface area contributed by atoms with Crippen molar-refractivity contribution in [3.05, 3.63) is 33.8 Å². The van der Waals surface area contributed by atoms with Crippen molar-refractivity contribution in [3.63, 3.8) is 0 Å². The average molecular weight is 235 g/mol. The predicted octanol–water partition coefficient (Wildman–Crippen LogP) is 2.96. The van der Waals surface area contributed by atoms with Crippen LogP contribution in [0.2, 0.25) is 0 Å². The highest BCUT2D eigenvalue weighted by molar-refractivity contribution is 7.08. The van der Waals surface area contributed by atoms with Gasteiger partial charge in [0.1, 0.15) is 0 Å². The molecule has 16 heavy (non-hydrogen) atoms. The molecule has 0 radical (unpaired) electrons. The summed E-state index contributed by atoms with van der Waals surface area (Å²) in [6.45, 7) is 5.12. The van der Waals surface area contributed by atoms with Crippen LogP contribution in [0.25, 0.3) is 0 Å². The Balaban J connectivity index is 2.07. The van der Waals surface area contributed by atoms with Crippen LogP contribution in [0.4, 0.5) is 5.69 Å². The summed E-state index contributed by atoms with van der Waals surface area (Å²) in [5.41, 5.74) is 5.02. The van der Waals surface area contributed by atoms with Gasteiger partial charge in [-0.3, -0.25) is 4.68 Å². The molecule has 0 unspecified atom stereocenters. The molecular weight excluding hydrogens is 218 g/mol. The largest absolute Gasteiger partial charge is 0.380 e. The first-order valence-electron chi connectivity index (χ1n) is 5.48. The minimum absolute atomic E-state index is 0.856. The van der Waals surface area contributed by atoms with Crippen LogP contribution < -0.4 is 5.32 Å². The Hall–Kier alpha value is -1.29. The second-order valence-corrected chi connectivity index (χ2v) is 4.69. The lowest BCUT2D eigenvalue weighted by molar-refractivity contribution is 0.746. The van der Waals surface area contributed by atoms with Crippen LogP contribution in [0, 0.1) is 6.92 Å². The first kappa shape index (κ1) is 11.2. The number of rotatable bonds is 4. The summed E-state index contributed by atoms with van der Waals surface area (Å²) in [4.78, 5) is 0. The normalized spacial score (nSPS) is 10.7. The molecule has 2 aromatic heterocycles. The molecule has 0 fully saturated rings. The van der Waals surface area contributed by atoms with Gasteiger partial charge in [0, 0.05) is 36.4 Å². The van der Waals surface area contributed by atoms with Crippen molar-refractivity contribution in [1.82, 2.24) is 9.78 Å². The lowest BCUT2D eigenvalue weighted by Crippen LogP contribution is -2.00. The highest BCUT2D eigenvalue weighted by Crippen LogP contribution is 2.20. The van der Waals surface area contributed by atoms with E-state index in [0.717, 1.165) is 13.0 Å². The van der Waals surface area contributed by atoms with Gasteiger partial charge in [-0.1, -0.05) is 6.92 Å². The van der Waals surface area contributed by atoms with E-state index in [4.69, 9.17) is 0 Å². The molecule has 0 amide bonds. The highest BCUT2D eigenvalue weighted by atomic mass is 32.1. The van der Waals surface area contributed by atoms with Gasteiger partial charge in [0.25, 0.3) is 0 Å². The van der Waals surface area contributed by atoms with Gasteiger partial charge < -0.3 is 5.32 Å². The third kappa shape index (κ3) is 2.27. The van der Waals surface area contributed by atoms with Crippen molar-refractivity contribution >= 4 is 17.0 Å². The number of aromatic nitrogens is 2. The van der Waals surface area contributed by atoms with E-state index >= 15 is 0 Å². The first-order chi connectivity index (χ1) is 7.70. The summed E-state index contributed by atoms with van der Waals surface area (Å²) in [7, 11) is 1.97. The molecule has 0 bridgehead atoms. The van der Waals surface area contributed by atoms with Crippen LogP contribution in [0.1, 0.15) is 23.7 Å². The Morgan fingerprint density at radius 1 is 1.44 bits per heavy atom. The number of aryl methyl sites for hydroxylation is 3. The fourth-order valence-corrected chi connectivity index (χ4v) is 2.57. The number of hydrogen-bond acceptors (Lipinski definition) is 3. The van der Waals surface area contributed by atoms with Crippen molar-refractivity contribution in [2.24, 2.45) is 7.05 Å². The maximum absolute atomic E-state index is 4.43. The molecule has 0 aliphatic rings.